The number of sulfonamides is 1. The number of hydrogen-bond acceptors (Lipinski definition) is 8. The largest absolute Gasteiger partial charge is 0.481 e. The summed E-state index contributed by atoms with van der Waals surface area (Å²) in [4.78, 5) is 13.2. The Hall–Kier alpha value is -3.08. The highest BCUT2D eigenvalue weighted by Crippen LogP contribution is 2.32. The van der Waals surface area contributed by atoms with Crippen molar-refractivity contribution in [2.75, 3.05) is 19.4 Å². The summed E-state index contributed by atoms with van der Waals surface area (Å²) in [5.41, 5.74) is 7.96. The topological polar surface area (TPSA) is 140 Å². The normalized spacial score (nSPS) is 12.0. The number of ether oxygens (including phenoxy) is 1. The van der Waals surface area contributed by atoms with Crippen molar-refractivity contribution in [2.24, 2.45) is 0 Å². The summed E-state index contributed by atoms with van der Waals surface area (Å²) in [6.07, 6.45) is 3.38. The molecule has 0 unspecified atom stereocenters. The predicted octanol–water partition coefficient (Wildman–Crippen LogP) is 2.54. The van der Waals surface area contributed by atoms with Crippen molar-refractivity contribution < 1.29 is 18.3 Å². The molecule has 2 heterocycles. The number of anilines is 1. The predicted molar refractivity (Wildman–Crippen MR) is 123 cm³/mol. The highest BCUT2D eigenvalue weighted by Gasteiger charge is 2.20. The fourth-order valence-electron chi connectivity index (χ4n) is 3.08. The van der Waals surface area contributed by atoms with E-state index in [2.05, 4.69) is 19.7 Å². The van der Waals surface area contributed by atoms with Gasteiger partial charge in [0.25, 0.3) is 0 Å². The second-order valence-corrected chi connectivity index (χ2v) is 9.75. The van der Waals surface area contributed by atoms with Gasteiger partial charge >= 0.3 is 0 Å². The number of aryl methyl sites for hydroxylation is 1. The van der Waals surface area contributed by atoms with Gasteiger partial charge in [-0.05, 0) is 57.0 Å². The van der Waals surface area contributed by atoms with Crippen LogP contribution in [0.2, 0.25) is 0 Å². The molecule has 0 radical (unpaired) electrons. The van der Waals surface area contributed by atoms with Gasteiger partial charge in [0.05, 0.1) is 35.1 Å². The van der Waals surface area contributed by atoms with Crippen molar-refractivity contribution in [1.82, 2.24) is 19.7 Å². The van der Waals surface area contributed by atoms with Gasteiger partial charge in [-0.1, -0.05) is 6.07 Å². The number of aliphatic hydroxyl groups is 1. The Kier molecular flexibility index (Phi) is 6.77. The molecule has 32 heavy (non-hydrogen) atoms. The summed E-state index contributed by atoms with van der Waals surface area (Å²) in [5, 5.41) is 9.82. The van der Waals surface area contributed by atoms with Crippen molar-refractivity contribution >= 4 is 15.8 Å². The molecule has 0 aliphatic heterocycles. The molecule has 0 atom stereocenters. The Morgan fingerprint density at radius 2 is 1.94 bits per heavy atom. The van der Waals surface area contributed by atoms with E-state index in [1.54, 1.807) is 44.3 Å². The van der Waals surface area contributed by atoms with Crippen molar-refractivity contribution in [3.63, 3.8) is 0 Å². The summed E-state index contributed by atoms with van der Waals surface area (Å²) in [7, 11) is -2.27. The molecule has 3 aromatic rings. The number of benzene rings is 1. The molecule has 10 heteroatoms. The first-order chi connectivity index (χ1) is 15.0. The van der Waals surface area contributed by atoms with E-state index in [-0.39, 0.29) is 23.7 Å². The molecule has 9 nitrogen and oxygen atoms in total. The lowest BCUT2D eigenvalue weighted by molar-refractivity contribution is 0.0728. The van der Waals surface area contributed by atoms with Crippen molar-refractivity contribution in [1.29, 1.82) is 0 Å². The third-order valence-electron chi connectivity index (χ3n) is 4.84. The molecule has 0 saturated carbocycles. The number of nitrogens with zero attached hydrogens (tertiary/aromatic N) is 3. The minimum Gasteiger partial charge on any atom is -0.481 e. The van der Waals surface area contributed by atoms with Gasteiger partial charge in [0.1, 0.15) is 11.5 Å². The van der Waals surface area contributed by atoms with Gasteiger partial charge < -0.3 is 15.6 Å². The molecule has 0 bridgehead atoms. The third kappa shape index (κ3) is 5.39. The average molecular weight is 458 g/mol. The van der Waals surface area contributed by atoms with Crippen molar-refractivity contribution in [2.45, 2.75) is 37.7 Å². The zero-order chi connectivity index (χ0) is 23.5. The number of nitrogens with one attached hydrogen (secondary N) is 1. The second-order valence-electron chi connectivity index (χ2n) is 7.99. The van der Waals surface area contributed by atoms with E-state index in [0.717, 1.165) is 5.56 Å². The van der Waals surface area contributed by atoms with Crippen LogP contribution in [0.5, 0.6) is 5.88 Å². The third-order valence-corrected chi connectivity index (χ3v) is 6.30. The highest BCUT2D eigenvalue weighted by molar-refractivity contribution is 7.89. The van der Waals surface area contributed by atoms with Crippen LogP contribution in [-0.4, -0.2) is 47.7 Å². The van der Waals surface area contributed by atoms with E-state index in [0.29, 0.717) is 28.4 Å². The van der Waals surface area contributed by atoms with E-state index < -0.39 is 15.6 Å². The number of hydrogen-bond donors (Lipinski definition) is 3. The Labute approximate surface area is 187 Å². The van der Waals surface area contributed by atoms with E-state index >= 15 is 0 Å². The molecule has 0 fully saturated rings. The van der Waals surface area contributed by atoms with Crippen LogP contribution in [0.4, 0.5) is 5.82 Å². The molecule has 1 aromatic carbocycles. The van der Waals surface area contributed by atoms with Crippen LogP contribution in [0.25, 0.3) is 22.5 Å². The summed E-state index contributed by atoms with van der Waals surface area (Å²) in [6, 6.07) is 8.30. The minimum absolute atomic E-state index is 0.0907. The van der Waals surface area contributed by atoms with Crippen LogP contribution in [0.1, 0.15) is 25.8 Å². The first-order valence-corrected chi connectivity index (χ1v) is 11.4. The van der Waals surface area contributed by atoms with Gasteiger partial charge in [-0.3, -0.25) is 0 Å². The average Bonchev–Trinajstić information content (AvgIpc) is 2.73. The number of aromatic nitrogens is 3. The molecule has 3 rings (SSSR count). The molecule has 4 N–H and O–H groups in total. The zero-order valence-electron chi connectivity index (χ0n) is 18.5. The van der Waals surface area contributed by atoms with E-state index in [1.165, 1.54) is 19.4 Å². The van der Waals surface area contributed by atoms with Crippen LogP contribution < -0.4 is 15.2 Å². The molecule has 0 saturated heterocycles. The first kappa shape index (κ1) is 23.6. The molecule has 170 valence electrons. The summed E-state index contributed by atoms with van der Waals surface area (Å²) < 4.78 is 33.4. The van der Waals surface area contributed by atoms with Gasteiger partial charge in [-0.2, -0.15) is 0 Å². The molecule has 0 spiro atoms. The zero-order valence-corrected chi connectivity index (χ0v) is 19.3. The van der Waals surface area contributed by atoms with Crippen LogP contribution in [-0.2, 0) is 10.0 Å². The fourth-order valence-corrected chi connectivity index (χ4v) is 4.14. The van der Waals surface area contributed by atoms with E-state index in [9.17, 15) is 13.5 Å². The maximum atomic E-state index is 12.8. The second kappa shape index (κ2) is 9.19. The monoisotopic (exact) mass is 457 g/mol. The van der Waals surface area contributed by atoms with Crippen molar-refractivity contribution in [3.8, 4) is 28.4 Å². The van der Waals surface area contributed by atoms with Crippen LogP contribution in [0.3, 0.4) is 0 Å². The van der Waals surface area contributed by atoms with Gasteiger partial charge in [0.15, 0.2) is 0 Å². The molecular weight excluding hydrogens is 430 g/mol. The quantitative estimate of drug-likeness (QED) is 0.469. The Morgan fingerprint density at radius 3 is 2.62 bits per heavy atom. The molecular formula is C22H27N5O4S. The summed E-state index contributed by atoms with van der Waals surface area (Å²) in [6.45, 7) is 5.22. The fraction of sp³-hybridized carbons (Fsp3) is 0.318. The van der Waals surface area contributed by atoms with Gasteiger partial charge in [-0.25, -0.2) is 28.1 Å². The summed E-state index contributed by atoms with van der Waals surface area (Å²) in [5.74, 6) is 0.560. The molecule has 0 amide bonds. The van der Waals surface area contributed by atoms with E-state index in [1.807, 2.05) is 6.92 Å². The lowest BCUT2D eigenvalue weighted by Gasteiger charge is -2.17. The van der Waals surface area contributed by atoms with Gasteiger partial charge in [-0.15, -0.1) is 0 Å². The van der Waals surface area contributed by atoms with Gasteiger partial charge in [0.2, 0.25) is 15.9 Å². The highest BCUT2D eigenvalue weighted by atomic mass is 32.2. The number of rotatable bonds is 8. The molecule has 0 aliphatic rings. The Balaban J connectivity index is 2.00. The van der Waals surface area contributed by atoms with Gasteiger partial charge in [0, 0.05) is 18.3 Å². The standard InChI is InChI=1S/C22H27N5O4S/c1-14-7-8-15(32(29,30)26-11-9-22(2,3)28)12-17(14)18-13-25-20(23)19(27-18)16-6-5-10-24-21(16)31-4/h5-8,10,12-13,26,28H,9,11H2,1-4H3,(H2,23,25). The van der Waals surface area contributed by atoms with Crippen LogP contribution in [0, 0.1) is 6.92 Å². The summed E-state index contributed by atoms with van der Waals surface area (Å²) >= 11 is 0. The minimum atomic E-state index is -3.78. The van der Waals surface area contributed by atoms with E-state index in [4.69, 9.17) is 10.5 Å². The number of pyridine rings is 1. The SMILES string of the molecule is COc1ncccc1-c1nc(-c2cc(S(=O)(=O)NCCC(C)(C)O)ccc2C)cnc1N. The Bertz CT molecular complexity index is 1220. The lowest BCUT2D eigenvalue weighted by atomic mass is 10.1. The smallest absolute Gasteiger partial charge is 0.240 e. The van der Waals surface area contributed by atoms with Crippen LogP contribution in [0.15, 0.2) is 47.6 Å². The number of methoxy groups -OCH3 is 1. The lowest BCUT2D eigenvalue weighted by Crippen LogP contribution is -2.30. The molecule has 0 aliphatic carbocycles. The van der Waals surface area contributed by atoms with Crippen LogP contribution >= 0.6 is 0 Å². The first-order valence-electron chi connectivity index (χ1n) is 9.97. The number of nitrogen functional groups attached to an aromatic ring is 1. The number of nitrogens with two attached hydrogens (primary N) is 1. The Morgan fingerprint density at radius 1 is 1.19 bits per heavy atom. The maximum absolute atomic E-state index is 12.8. The maximum Gasteiger partial charge on any atom is 0.240 e. The van der Waals surface area contributed by atoms with Crippen molar-refractivity contribution in [3.05, 3.63) is 48.3 Å². The molecule has 2 aromatic heterocycles.